The van der Waals surface area contributed by atoms with Crippen molar-refractivity contribution >= 4 is 35.1 Å². The number of hydrogen-bond donors (Lipinski definition) is 2. The van der Waals surface area contributed by atoms with E-state index >= 15 is 0 Å². The van der Waals surface area contributed by atoms with E-state index in [0.717, 1.165) is 31.6 Å². The summed E-state index contributed by atoms with van der Waals surface area (Å²) in [7, 11) is 0. The third-order valence-electron chi connectivity index (χ3n) is 6.82. The van der Waals surface area contributed by atoms with E-state index in [1.54, 1.807) is 10.9 Å². The van der Waals surface area contributed by atoms with Crippen molar-refractivity contribution in [3.05, 3.63) is 58.1 Å². The van der Waals surface area contributed by atoms with Crippen molar-refractivity contribution in [1.29, 1.82) is 0 Å². The highest BCUT2D eigenvalue weighted by atomic mass is 35.5. The van der Waals surface area contributed by atoms with Crippen LogP contribution < -0.4 is 16.2 Å². The molecule has 2 aliphatic rings. The molecule has 1 aliphatic carbocycles. The van der Waals surface area contributed by atoms with Crippen LogP contribution >= 0.6 is 12.4 Å². The number of hydrogen-bond acceptors (Lipinski definition) is 6. The molecule has 10 heteroatoms. The second-order valence-electron chi connectivity index (χ2n) is 10.4. The van der Waals surface area contributed by atoms with Crippen molar-refractivity contribution in [3.63, 3.8) is 0 Å². The van der Waals surface area contributed by atoms with Crippen LogP contribution in [0.15, 0.2) is 41.5 Å². The summed E-state index contributed by atoms with van der Waals surface area (Å²) in [5.74, 6) is 1.14. The average molecular weight is 495 g/mol. The van der Waals surface area contributed by atoms with E-state index in [4.69, 9.17) is 10.1 Å². The average Bonchev–Trinajstić information content (AvgIpc) is 3.45. The van der Waals surface area contributed by atoms with Crippen LogP contribution in [0.2, 0.25) is 0 Å². The molecule has 4 aromatic rings. The number of nitrogens with zero attached hydrogens (tertiary/aromatic N) is 6. The molecular weight excluding hydrogens is 464 g/mol. The summed E-state index contributed by atoms with van der Waals surface area (Å²) in [5, 5.41) is 12.1. The summed E-state index contributed by atoms with van der Waals surface area (Å²) in [4.78, 5) is 22.4. The second kappa shape index (κ2) is 8.49. The lowest BCUT2D eigenvalue weighted by Gasteiger charge is -2.33. The maximum Gasteiger partial charge on any atom is 0.278 e. The molecule has 4 heterocycles. The van der Waals surface area contributed by atoms with E-state index in [0.29, 0.717) is 28.8 Å². The van der Waals surface area contributed by atoms with Gasteiger partial charge in [-0.3, -0.25) is 9.48 Å². The number of aromatic nitrogens is 6. The van der Waals surface area contributed by atoms with Crippen LogP contribution in [-0.2, 0) is 12.0 Å². The molecule has 1 aromatic carbocycles. The minimum absolute atomic E-state index is 0. The van der Waals surface area contributed by atoms with Crippen LogP contribution in [0, 0.1) is 0 Å². The van der Waals surface area contributed by atoms with Crippen LogP contribution in [0.4, 0.5) is 11.6 Å². The van der Waals surface area contributed by atoms with Gasteiger partial charge in [0, 0.05) is 48.7 Å². The Balaban J connectivity index is 0.00000253. The monoisotopic (exact) mass is 494 g/mol. The van der Waals surface area contributed by atoms with Crippen molar-refractivity contribution in [3.8, 4) is 5.82 Å². The van der Waals surface area contributed by atoms with Gasteiger partial charge in [-0.15, -0.1) is 12.4 Å². The van der Waals surface area contributed by atoms with Crippen molar-refractivity contribution in [2.75, 3.05) is 11.9 Å². The smallest absolute Gasteiger partial charge is 0.278 e. The molecule has 1 saturated carbocycles. The molecule has 2 N–H and O–H groups in total. The van der Waals surface area contributed by atoms with Crippen molar-refractivity contribution in [1.82, 2.24) is 34.4 Å². The maximum atomic E-state index is 13.2. The predicted molar refractivity (Wildman–Crippen MR) is 139 cm³/mol. The Morgan fingerprint density at radius 3 is 2.74 bits per heavy atom. The number of rotatable bonds is 5. The van der Waals surface area contributed by atoms with E-state index in [-0.39, 0.29) is 29.4 Å². The first-order chi connectivity index (χ1) is 16.3. The summed E-state index contributed by atoms with van der Waals surface area (Å²) >= 11 is 0. The molecule has 0 atom stereocenters. The quantitative estimate of drug-likeness (QED) is 0.431. The Kier molecular flexibility index (Phi) is 5.72. The summed E-state index contributed by atoms with van der Waals surface area (Å²) < 4.78 is 5.52. The van der Waals surface area contributed by atoms with Crippen LogP contribution in [-0.4, -0.2) is 35.7 Å². The van der Waals surface area contributed by atoms with Gasteiger partial charge in [0.1, 0.15) is 5.39 Å². The zero-order chi connectivity index (χ0) is 23.6. The van der Waals surface area contributed by atoms with E-state index < -0.39 is 0 Å². The zero-order valence-electron chi connectivity index (χ0n) is 20.4. The third-order valence-corrected chi connectivity index (χ3v) is 6.82. The lowest BCUT2D eigenvalue weighted by atomic mass is 9.79. The van der Waals surface area contributed by atoms with Crippen molar-refractivity contribution in [2.45, 2.75) is 64.6 Å². The molecule has 0 bridgehead atoms. The molecule has 0 unspecified atom stereocenters. The van der Waals surface area contributed by atoms with Crippen LogP contribution in [0.5, 0.6) is 0 Å². The molecule has 0 spiro atoms. The van der Waals surface area contributed by atoms with E-state index in [1.165, 1.54) is 11.1 Å². The van der Waals surface area contributed by atoms with Crippen LogP contribution in [0.25, 0.3) is 16.9 Å². The number of nitrogens with one attached hydrogen (secondary N) is 2. The molecule has 184 valence electrons. The summed E-state index contributed by atoms with van der Waals surface area (Å²) in [6, 6.07) is 8.77. The highest BCUT2D eigenvalue weighted by molar-refractivity contribution is 5.85. The molecule has 0 radical (unpaired) electrons. The molecule has 35 heavy (non-hydrogen) atoms. The van der Waals surface area contributed by atoms with Crippen LogP contribution in [0.1, 0.15) is 63.7 Å². The number of fused-ring (bicyclic) bond motifs is 2. The SMILES string of the molecule is CC(C)n1c(=O)c2cnc(Nc3ccc4c(c3)CNCC4(C)C)nc2n1-c1ccn(C2CC2)n1.Cl. The molecule has 1 fully saturated rings. The Labute approximate surface area is 210 Å². The van der Waals surface area contributed by atoms with Gasteiger partial charge in [0.15, 0.2) is 11.5 Å². The molecule has 1 aliphatic heterocycles. The van der Waals surface area contributed by atoms with Crippen molar-refractivity contribution < 1.29 is 0 Å². The highest BCUT2D eigenvalue weighted by Crippen LogP contribution is 2.34. The molecular formula is C25H31ClN8O. The Morgan fingerprint density at radius 2 is 2.00 bits per heavy atom. The Bertz CT molecular complexity index is 1460. The largest absolute Gasteiger partial charge is 0.324 e. The topological polar surface area (TPSA) is 94.6 Å². The van der Waals surface area contributed by atoms with Gasteiger partial charge in [0.25, 0.3) is 5.56 Å². The lowest BCUT2D eigenvalue weighted by Crippen LogP contribution is -2.38. The van der Waals surface area contributed by atoms with Gasteiger partial charge in [-0.1, -0.05) is 19.9 Å². The normalized spacial score (nSPS) is 16.8. The predicted octanol–water partition coefficient (Wildman–Crippen LogP) is 4.24. The maximum absolute atomic E-state index is 13.2. The minimum atomic E-state index is -0.111. The van der Waals surface area contributed by atoms with Gasteiger partial charge in [-0.05, 0) is 49.9 Å². The van der Waals surface area contributed by atoms with Gasteiger partial charge < -0.3 is 10.6 Å². The summed E-state index contributed by atoms with van der Waals surface area (Å²) in [6.07, 6.45) is 5.89. The summed E-state index contributed by atoms with van der Waals surface area (Å²) in [6.45, 7) is 10.3. The van der Waals surface area contributed by atoms with Gasteiger partial charge in [0.2, 0.25) is 5.95 Å². The second-order valence-corrected chi connectivity index (χ2v) is 10.4. The molecule has 0 saturated heterocycles. The zero-order valence-corrected chi connectivity index (χ0v) is 21.3. The van der Waals surface area contributed by atoms with E-state index in [2.05, 4.69) is 47.7 Å². The van der Waals surface area contributed by atoms with E-state index in [9.17, 15) is 4.79 Å². The lowest BCUT2D eigenvalue weighted by molar-refractivity contribution is 0.435. The molecule has 3 aromatic heterocycles. The molecule has 6 rings (SSSR count). The van der Waals surface area contributed by atoms with Gasteiger partial charge in [0.05, 0.1) is 6.04 Å². The van der Waals surface area contributed by atoms with Crippen LogP contribution in [0.3, 0.4) is 0 Å². The first-order valence-electron chi connectivity index (χ1n) is 12.0. The fourth-order valence-electron chi connectivity index (χ4n) is 4.94. The third kappa shape index (κ3) is 4.02. The van der Waals surface area contributed by atoms with Crippen molar-refractivity contribution in [2.24, 2.45) is 0 Å². The van der Waals surface area contributed by atoms with E-state index in [1.807, 2.05) is 35.5 Å². The van der Waals surface area contributed by atoms with Gasteiger partial charge >= 0.3 is 0 Å². The van der Waals surface area contributed by atoms with Gasteiger partial charge in [-0.2, -0.15) is 10.1 Å². The first-order valence-corrected chi connectivity index (χ1v) is 12.0. The highest BCUT2D eigenvalue weighted by Gasteiger charge is 2.28. The number of halogens is 1. The Hall–Kier alpha value is -3.17. The molecule has 9 nitrogen and oxygen atoms in total. The molecule has 0 amide bonds. The standard InChI is InChI=1S/C25H30N8O.ClH/c1-15(2)32-23(34)19-13-27-24(28-17-5-8-20-16(11-17)12-26-14-25(20,3)4)29-22(19)33(32)21-9-10-31(30-21)18-6-7-18;/h5,8-11,13,15,18,26H,6-7,12,14H2,1-4H3,(H,27,28,29);1H. The summed E-state index contributed by atoms with van der Waals surface area (Å²) in [5.41, 5.74) is 4.10. The fourth-order valence-corrected chi connectivity index (χ4v) is 4.94. The first kappa shape index (κ1) is 23.6. The van der Waals surface area contributed by atoms with Gasteiger partial charge in [-0.25, -0.2) is 14.3 Å². The fraction of sp³-hybridized carbons (Fsp3) is 0.440. The number of benzene rings is 1. The minimum Gasteiger partial charge on any atom is -0.324 e. The Morgan fingerprint density at radius 1 is 1.20 bits per heavy atom. The number of anilines is 2.